The van der Waals surface area contributed by atoms with Crippen molar-refractivity contribution in [3.63, 3.8) is 0 Å². The third-order valence-electron chi connectivity index (χ3n) is 2.88. The zero-order valence-electron chi connectivity index (χ0n) is 11.4. The first-order valence-corrected chi connectivity index (χ1v) is 6.72. The van der Waals surface area contributed by atoms with Crippen LogP contribution < -0.4 is 4.74 Å². The maximum absolute atomic E-state index is 13.6. The van der Waals surface area contributed by atoms with Crippen LogP contribution in [-0.2, 0) is 6.18 Å². The summed E-state index contributed by atoms with van der Waals surface area (Å²) in [6.07, 6.45) is -5.87. The van der Waals surface area contributed by atoms with Gasteiger partial charge in [-0.3, -0.25) is 0 Å². The lowest BCUT2D eigenvalue weighted by atomic mass is 10.1. The Morgan fingerprint density at radius 1 is 0.538 bits per heavy atom. The highest BCUT2D eigenvalue weighted by Crippen LogP contribution is 2.42. The molecule has 0 atom stereocenters. The molecule has 2 aromatic rings. The summed E-state index contributed by atoms with van der Waals surface area (Å²) in [6, 6.07) is 0. The summed E-state index contributed by atoms with van der Waals surface area (Å²) < 4.78 is 148. The first kappa shape index (κ1) is 20.3. The molecule has 0 saturated heterocycles. The third kappa shape index (κ3) is 3.08. The van der Waals surface area contributed by atoms with Gasteiger partial charge < -0.3 is 4.74 Å². The maximum Gasteiger partial charge on any atom is 0.422 e. The highest BCUT2D eigenvalue weighted by Gasteiger charge is 2.43. The van der Waals surface area contributed by atoms with Crippen LogP contribution in [0.5, 0.6) is 11.5 Å². The van der Waals surface area contributed by atoms with Crippen LogP contribution in [0.4, 0.5) is 48.3 Å². The van der Waals surface area contributed by atoms with Crippen molar-refractivity contribution in [2.24, 2.45) is 0 Å². The Hall–Kier alpha value is -2.05. The van der Waals surface area contributed by atoms with Crippen LogP contribution in [-0.4, -0.2) is 0 Å². The van der Waals surface area contributed by atoms with E-state index in [0.717, 1.165) is 0 Å². The van der Waals surface area contributed by atoms with Crippen LogP contribution in [0.25, 0.3) is 0 Å². The van der Waals surface area contributed by atoms with Gasteiger partial charge in [-0.15, -0.1) is 0 Å². The van der Waals surface area contributed by atoms with Crippen LogP contribution in [0.1, 0.15) is 5.56 Å². The van der Waals surface area contributed by atoms with E-state index in [1.807, 2.05) is 0 Å². The fourth-order valence-corrected chi connectivity index (χ4v) is 2.07. The highest BCUT2D eigenvalue weighted by molar-refractivity contribution is 9.10. The average molecular weight is 461 g/mol. The molecule has 0 radical (unpaired) electrons. The Morgan fingerprint density at radius 2 is 0.846 bits per heavy atom. The minimum Gasteiger partial charge on any atom is -0.444 e. The van der Waals surface area contributed by atoms with Crippen LogP contribution >= 0.6 is 15.9 Å². The first-order valence-electron chi connectivity index (χ1n) is 5.93. The van der Waals surface area contributed by atoms with Gasteiger partial charge in [0.2, 0.25) is 34.8 Å². The number of alkyl halides is 3. The van der Waals surface area contributed by atoms with E-state index in [2.05, 4.69) is 20.7 Å². The summed E-state index contributed by atoms with van der Waals surface area (Å²) in [7, 11) is 0. The summed E-state index contributed by atoms with van der Waals surface area (Å²) in [5, 5.41) is 0. The fraction of sp³-hybridized carbons (Fsp3) is 0.0769. The molecule has 2 rings (SSSR count). The van der Waals surface area contributed by atoms with E-state index in [-0.39, 0.29) is 0 Å². The molecule has 0 unspecified atom stereocenters. The van der Waals surface area contributed by atoms with E-state index in [9.17, 15) is 48.3 Å². The molecular formula is C13BrF11O. The number of ether oxygens (including phenoxy) is 1. The zero-order valence-corrected chi connectivity index (χ0v) is 13.0. The number of benzene rings is 2. The molecule has 0 saturated carbocycles. The van der Waals surface area contributed by atoms with Crippen molar-refractivity contribution < 1.29 is 53.0 Å². The van der Waals surface area contributed by atoms with Crippen molar-refractivity contribution in [3.8, 4) is 11.5 Å². The molecule has 0 bridgehead atoms. The first-order chi connectivity index (χ1) is 11.8. The summed E-state index contributed by atoms with van der Waals surface area (Å²) in [5.41, 5.74) is -2.98. The molecule has 0 aliphatic carbocycles. The predicted molar refractivity (Wildman–Crippen MR) is 65.3 cm³/mol. The molecule has 26 heavy (non-hydrogen) atoms. The highest BCUT2D eigenvalue weighted by atomic mass is 79.9. The number of hydrogen-bond donors (Lipinski definition) is 0. The molecule has 0 fully saturated rings. The molecule has 0 amide bonds. The second-order valence-electron chi connectivity index (χ2n) is 4.46. The number of rotatable bonds is 2. The lowest BCUT2D eigenvalue weighted by Gasteiger charge is -2.15. The molecule has 0 aromatic heterocycles. The van der Waals surface area contributed by atoms with Crippen LogP contribution in [0.15, 0.2) is 4.47 Å². The predicted octanol–water partition coefficient (Wildman–Crippen LogP) is 6.37. The number of halogens is 12. The average Bonchev–Trinajstić information content (AvgIpc) is 2.55. The molecule has 0 N–H and O–H groups in total. The summed E-state index contributed by atoms with van der Waals surface area (Å²) in [5.74, 6) is -25.3. The molecule has 1 nitrogen and oxygen atoms in total. The second-order valence-corrected chi connectivity index (χ2v) is 5.25. The minimum atomic E-state index is -5.87. The van der Waals surface area contributed by atoms with Gasteiger partial charge in [-0.25, -0.2) is 17.6 Å². The van der Waals surface area contributed by atoms with Crippen LogP contribution in [0.2, 0.25) is 0 Å². The molecule has 142 valence electrons. The summed E-state index contributed by atoms with van der Waals surface area (Å²) >= 11 is 2.11. The molecular weight excluding hydrogens is 461 g/mol. The van der Waals surface area contributed by atoms with Crippen molar-refractivity contribution in [3.05, 3.63) is 56.6 Å². The quantitative estimate of drug-likeness (QED) is 0.287. The van der Waals surface area contributed by atoms with Crippen molar-refractivity contribution in [2.45, 2.75) is 6.18 Å². The lowest BCUT2D eigenvalue weighted by molar-refractivity contribution is -0.143. The van der Waals surface area contributed by atoms with Gasteiger partial charge in [-0.2, -0.15) is 30.7 Å². The Bertz CT molecular complexity index is 848. The molecule has 0 heterocycles. The van der Waals surface area contributed by atoms with E-state index < -0.39 is 74.2 Å². The van der Waals surface area contributed by atoms with Gasteiger partial charge in [0.15, 0.2) is 23.3 Å². The van der Waals surface area contributed by atoms with Gasteiger partial charge in [0.1, 0.15) is 5.56 Å². The fourth-order valence-electron chi connectivity index (χ4n) is 1.73. The summed E-state index contributed by atoms with van der Waals surface area (Å²) in [6.45, 7) is 0. The van der Waals surface area contributed by atoms with Crippen molar-refractivity contribution in [1.82, 2.24) is 0 Å². The van der Waals surface area contributed by atoms with Crippen molar-refractivity contribution in [2.75, 3.05) is 0 Å². The maximum atomic E-state index is 13.6. The Balaban J connectivity index is 2.75. The van der Waals surface area contributed by atoms with Gasteiger partial charge in [0.05, 0.1) is 4.47 Å². The van der Waals surface area contributed by atoms with Crippen molar-refractivity contribution >= 4 is 15.9 Å². The SMILES string of the molecule is Fc1c(F)c(Oc2c(F)c(F)c(C(F)(F)F)c(F)c2F)c(F)c(F)c1Br. The molecule has 2 aromatic carbocycles. The topological polar surface area (TPSA) is 9.23 Å². The Labute approximate surface area is 144 Å². The smallest absolute Gasteiger partial charge is 0.422 e. The lowest BCUT2D eigenvalue weighted by Crippen LogP contribution is -2.16. The molecule has 0 spiro atoms. The standard InChI is InChI=1S/C13BrF11O/c14-2-5(17)9(21)12(10(22)6(2)18)26-11-7(19)3(15)1(13(23,24)25)4(16)8(11)20. The van der Waals surface area contributed by atoms with E-state index in [1.165, 1.54) is 0 Å². The number of hydrogen-bond acceptors (Lipinski definition) is 1. The largest absolute Gasteiger partial charge is 0.444 e. The van der Waals surface area contributed by atoms with Gasteiger partial charge in [0.25, 0.3) is 0 Å². The van der Waals surface area contributed by atoms with Gasteiger partial charge >= 0.3 is 6.18 Å². The zero-order chi connectivity index (χ0) is 20.1. The summed E-state index contributed by atoms with van der Waals surface area (Å²) in [4.78, 5) is 0. The molecule has 0 aliphatic rings. The van der Waals surface area contributed by atoms with E-state index >= 15 is 0 Å². The minimum absolute atomic E-state index is 1.38. The van der Waals surface area contributed by atoms with E-state index in [4.69, 9.17) is 0 Å². The van der Waals surface area contributed by atoms with Crippen molar-refractivity contribution in [1.29, 1.82) is 0 Å². The van der Waals surface area contributed by atoms with E-state index in [1.54, 1.807) is 0 Å². The monoisotopic (exact) mass is 460 g/mol. The molecule has 13 heteroatoms. The Morgan fingerprint density at radius 3 is 1.15 bits per heavy atom. The third-order valence-corrected chi connectivity index (χ3v) is 3.58. The van der Waals surface area contributed by atoms with Gasteiger partial charge in [-0.1, -0.05) is 0 Å². The van der Waals surface area contributed by atoms with Crippen LogP contribution in [0, 0.1) is 46.5 Å². The van der Waals surface area contributed by atoms with Gasteiger partial charge in [-0.05, 0) is 15.9 Å². The Kier molecular flexibility index (Phi) is 5.14. The molecule has 0 aliphatic heterocycles. The van der Waals surface area contributed by atoms with Crippen LogP contribution in [0.3, 0.4) is 0 Å². The van der Waals surface area contributed by atoms with Gasteiger partial charge in [0, 0.05) is 0 Å². The normalized spacial score (nSPS) is 11.8. The second kappa shape index (κ2) is 6.59. The van der Waals surface area contributed by atoms with E-state index in [0.29, 0.717) is 0 Å².